The minimum atomic E-state index is -0.757. The second-order valence-electron chi connectivity index (χ2n) is 5.78. The van der Waals surface area contributed by atoms with E-state index in [4.69, 9.17) is 5.11 Å². The largest absolute Gasteiger partial charge is 0.481 e. The molecule has 5 nitrogen and oxygen atoms in total. The lowest BCUT2D eigenvalue weighted by molar-refractivity contribution is -0.143. The van der Waals surface area contributed by atoms with Crippen LogP contribution in [-0.4, -0.2) is 40.1 Å². The predicted octanol–water partition coefficient (Wildman–Crippen LogP) is 1.68. The molecule has 2 N–H and O–H groups in total. The standard InChI is InChI=1S/C12H22N2O3/c1-8-7-9(10(15)16)5-6-14(8)11(17)13-12(2,3)4/h8-9H,5-7H2,1-4H3,(H,13,17)(H,15,16). The van der Waals surface area contributed by atoms with Crippen molar-refractivity contribution in [2.75, 3.05) is 6.54 Å². The zero-order chi connectivity index (χ0) is 13.2. The third kappa shape index (κ3) is 3.91. The first-order chi connectivity index (χ1) is 7.70. The Labute approximate surface area is 102 Å². The van der Waals surface area contributed by atoms with Crippen LogP contribution in [0.4, 0.5) is 4.79 Å². The van der Waals surface area contributed by atoms with E-state index in [9.17, 15) is 9.59 Å². The zero-order valence-electron chi connectivity index (χ0n) is 11.0. The Hall–Kier alpha value is -1.26. The van der Waals surface area contributed by atoms with Crippen LogP contribution in [0.3, 0.4) is 0 Å². The second kappa shape index (κ2) is 4.94. The van der Waals surface area contributed by atoms with Crippen molar-refractivity contribution in [1.82, 2.24) is 10.2 Å². The maximum absolute atomic E-state index is 12.0. The van der Waals surface area contributed by atoms with Gasteiger partial charge in [0.05, 0.1) is 5.92 Å². The summed E-state index contributed by atoms with van der Waals surface area (Å²) < 4.78 is 0. The highest BCUT2D eigenvalue weighted by atomic mass is 16.4. The van der Waals surface area contributed by atoms with E-state index >= 15 is 0 Å². The number of carbonyl (C=O) groups is 2. The summed E-state index contributed by atoms with van der Waals surface area (Å²) in [5, 5.41) is 11.9. The lowest BCUT2D eigenvalue weighted by atomic mass is 9.92. The van der Waals surface area contributed by atoms with Gasteiger partial charge < -0.3 is 15.3 Å². The molecule has 1 heterocycles. The fraction of sp³-hybridized carbons (Fsp3) is 0.833. The van der Waals surface area contributed by atoms with Crippen molar-refractivity contribution in [3.05, 3.63) is 0 Å². The Bertz CT molecular complexity index is 309. The molecule has 2 atom stereocenters. The van der Waals surface area contributed by atoms with Crippen molar-refractivity contribution in [3.8, 4) is 0 Å². The van der Waals surface area contributed by atoms with Crippen molar-refractivity contribution in [2.45, 2.75) is 52.1 Å². The van der Waals surface area contributed by atoms with Crippen molar-refractivity contribution in [2.24, 2.45) is 5.92 Å². The molecule has 0 saturated carbocycles. The highest BCUT2D eigenvalue weighted by molar-refractivity contribution is 5.76. The third-order valence-electron chi connectivity index (χ3n) is 2.97. The summed E-state index contributed by atoms with van der Waals surface area (Å²) in [6.45, 7) is 8.20. The van der Waals surface area contributed by atoms with Crippen molar-refractivity contribution in [3.63, 3.8) is 0 Å². The van der Waals surface area contributed by atoms with Crippen LogP contribution in [0.5, 0.6) is 0 Å². The highest BCUT2D eigenvalue weighted by Crippen LogP contribution is 2.23. The van der Waals surface area contributed by atoms with Gasteiger partial charge in [0.2, 0.25) is 0 Å². The average Bonchev–Trinajstić information content (AvgIpc) is 2.14. The van der Waals surface area contributed by atoms with Crippen LogP contribution in [0.15, 0.2) is 0 Å². The maximum atomic E-state index is 12.0. The number of piperidine rings is 1. The first-order valence-corrected chi connectivity index (χ1v) is 6.02. The lowest BCUT2D eigenvalue weighted by Crippen LogP contribution is -2.54. The quantitative estimate of drug-likeness (QED) is 0.735. The first kappa shape index (κ1) is 13.8. The number of likely N-dealkylation sites (tertiary alicyclic amines) is 1. The van der Waals surface area contributed by atoms with Crippen LogP contribution in [0.2, 0.25) is 0 Å². The van der Waals surface area contributed by atoms with Crippen LogP contribution in [-0.2, 0) is 4.79 Å². The number of rotatable bonds is 1. The summed E-state index contributed by atoms with van der Waals surface area (Å²) >= 11 is 0. The molecule has 1 saturated heterocycles. The van der Waals surface area contributed by atoms with E-state index in [0.717, 1.165) is 0 Å². The van der Waals surface area contributed by atoms with Crippen molar-refractivity contribution in [1.29, 1.82) is 0 Å². The Morgan fingerprint density at radius 1 is 1.35 bits per heavy atom. The molecule has 1 aliphatic heterocycles. The predicted molar refractivity (Wildman–Crippen MR) is 64.8 cm³/mol. The highest BCUT2D eigenvalue weighted by Gasteiger charge is 2.33. The zero-order valence-corrected chi connectivity index (χ0v) is 11.0. The Balaban J connectivity index is 2.58. The van der Waals surface area contributed by atoms with E-state index in [1.54, 1.807) is 4.90 Å². The molecule has 17 heavy (non-hydrogen) atoms. The fourth-order valence-corrected chi connectivity index (χ4v) is 2.09. The van der Waals surface area contributed by atoms with Gasteiger partial charge in [0.1, 0.15) is 0 Å². The number of carboxylic acids is 1. The number of hydrogen-bond acceptors (Lipinski definition) is 2. The van der Waals surface area contributed by atoms with Crippen LogP contribution in [0.1, 0.15) is 40.5 Å². The SMILES string of the molecule is CC1CC(C(=O)O)CCN1C(=O)NC(C)(C)C. The van der Waals surface area contributed by atoms with E-state index in [1.165, 1.54) is 0 Å². The molecule has 1 aliphatic rings. The third-order valence-corrected chi connectivity index (χ3v) is 2.97. The van der Waals surface area contributed by atoms with Gasteiger partial charge in [-0.3, -0.25) is 4.79 Å². The molecule has 2 unspecified atom stereocenters. The van der Waals surface area contributed by atoms with Gasteiger partial charge in [0.25, 0.3) is 0 Å². The number of amides is 2. The summed E-state index contributed by atoms with van der Waals surface area (Å²) in [7, 11) is 0. The first-order valence-electron chi connectivity index (χ1n) is 6.02. The van der Waals surface area contributed by atoms with Gasteiger partial charge >= 0.3 is 12.0 Å². The van der Waals surface area contributed by atoms with E-state index in [0.29, 0.717) is 19.4 Å². The Morgan fingerprint density at radius 3 is 2.35 bits per heavy atom. The van der Waals surface area contributed by atoms with Crippen LogP contribution < -0.4 is 5.32 Å². The number of urea groups is 1. The summed E-state index contributed by atoms with van der Waals surface area (Å²) in [6, 6.07) is -0.124. The van der Waals surface area contributed by atoms with Crippen LogP contribution >= 0.6 is 0 Å². The van der Waals surface area contributed by atoms with Gasteiger partial charge in [-0.05, 0) is 40.5 Å². The van der Waals surface area contributed by atoms with Crippen LogP contribution in [0, 0.1) is 5.92 Å². The molecular formula is C12H22N2O3. The van der Waals surface area contributed by atoms with E-state index in [-0.39, 0.29) is 23.5 Å². The smallest absolute Gasteiger partial charge is 0.318 e. The summed E-state index contributed by atoms with van der Waals surface area (Å²) in [4.78, 5) is 24.6. The number of aliphatic carboxylic acids is 1. The summed E-state index contributed by atoms with van der Waals surface area (Å²) in [5.41, 5.74) is -0.263. The second-order valence-corrected chi connectivity index (χ2v) is 5.78. The molecule has 0 aliphatic carbocycles. The molecule has 0 spiro atoms. The molecular weight excluding hydrogens is 220 g/mol. The number of carboxylic acid groups (broad SMARTS) is 1. The molecule has 2 amide bonds. The molecule has 1 fully saturated rings. The molecule has 5 heteroatoms. The summed E-state index contributed by atoms with van der Waals surface area (Å²) in [5.74, 6) is -1.07. The molecule has 1 rings (SSSR count). The molecule has 0 aromatic heterocycles. The maximum Gasteiger partial charge on any atom is 0.318 e. The number of nitrogens with zero attached hydrogens (tertiary/aromatic N) is 1. The molecule has 0 bridgehead atoms. The normalized spacial score (nSPS) is 25.5. The molecule has 0 aromatic rings. The molecule has 0 radical (unpaired) electrons. The van der Waals surface area contributed by atoms with Gasteiger partial charge in [0.15, 0.2) is 0 Å². The lowest BCUT2D eigenvalue weighted by Gasteiger charge is -2.37. The minimum Gasteiger partial charge on any atom is -0.481 e. The fourth-order valence-electron chi connectivity index (χ4n) is 2.09. The van der Waals surface area contributed by atoms with E-state index in [2.05, 4.69) is 5.32 Å². The van der Waals surface area contributed by atoms with Crippen LogP contribution in [0.25, 0.3) is 0 Å². The van der Waals surface area contributed by atoms with E-state index in [1.807, 2.05) is 27.7 Å². The molecule has 98 valence electrons. The molecule has 0 aromatic carbocycles. The topological polar surface area (TPSA) is 69.6 Å². The summed E-state index contributed by atoms with van der Waals surface area (Å²) in [6.07, 6.45) is 1.07. The van der Waals surface area contributed by atoms with Gasteiger partial charge in [-0.2, -0.15) is 0 Å². The van der Waals surface area contributed by atoms with Crippen molar-refractivity contribution < 1.29 is 14.7 Å². The monoisotopic (exact) mass is 242 g/mol. The number of hydrogen-bond donors (Lipinski definition) is 2. The van der Waals surface area contributed by atoms with Gasteiger partial charge in [-0.1, -0.05) is 0 Å². The number of nitrogens with one attached hydrogen (secondary N) is 1. The van der Waals surface area contributed by atoms with Crippen molar-refractivity contribution >= 4 is 12.0 Å². The Morgan fingerprint density at radius 2 is 1.94 bits per heavy atom. The van der Waals surface area contributed by atoms with Gasteiger partial charge in [0, 0.05) is 18.1 Å². The minimum absolute atomic E-state index is 0.0211. The number of carbonyl (C=O) groups excluding carboxylic acids is 1. The van der Waals surface area contributed by atoms with Gasteiger partial charge in [-0.15, -0.1) is 0 Å². The van der Waals surface area contributed by atoms with Gasteiger partial charge in [-0.25, -0.2) is 4.79 Å². The Kier molecular flexibility index (Phi) is 4.01. The van der Waals surface area contributed by atoms with E-state index < -0.39 is 5.97 Å². The average molecular weight is 242 g/mol.